The molecule has 136 valence electrons. The van der Waals surface area contributed by atoms with Crippen LogP contribution >= 0.6 is 0 Å². The van der Waals surface area contributed by atoms with Gasteiger partial charge in [-0.1, -0.05) is 6.07 Å². The minimum atomic E-state index is -1.11. The monoisotopic (exact) mass is 360 g/mol. The molecule has 0 unspecified atom stereocenters. The van der Waals surface area contributed by atoms with Crippen molar-refractivity contribution >= 4 is 23.3 Å². The zero-order chi connectivity index (χ0) is 19.4. The lowest BCUT2D eigenvalue weighted by Gasteiger charge is -2.11. The number of rotatable bonds is 6. The van der Waals surface area contributed by atoms with Crippen molar-refractivity contribution in [2.45, 2.75) is 19.8 Å². The van der Waals surface area contributed by atoms with Gasteiger partial charge in [0.05, 0.1) is 10.5 Å². The maximum atomic E-state index is 12.1. The van der Waals surface area contributed by atoms with Crippen molar-refractivity contribution in [2.24, 2.45) is 0 Å². The molecule has 2 aromatic rings. The number of amides is 1. The third-order valence-corrected chi connectivity index (χ3v) is 3.87. The predicted molar refractivity (Wildman–Crippen MR) is 91.5 cm³/mol. The first-order valence-electron chi connectivity index (χ1n) is 7.53. The highest BCUT2D eigenvalue weighted by atomic mass is 16.6. The van der Waals surface area contributed by atoms with Crippen LogP contribution < -0.4 is 5.32 Å². The summed E-state index contributed by atoms with van der Waals surface area (Å²) in [6, 6.07) is 6.80. The van der Waals surface area contributed by atoms with E-state index in [4.69, 9.17) is 5.11 Å². The molecule has 0 fully saturated rings. The van der Waals surface area contributed by atoms with Gasteiger partial charge < -0.3 is 20.6 Å². The van der Waals surface area contributed by atoms with Gasteiger partial charge in [0, 0.05) is 18.2 Å². The molecule has 0 radical (unpaired) electrons. The van der Waals surface area contributed by atoms with Crippen LogP contribution in [0, 0.1) is 17.0 Å². The minimum Gasteiger partial charge on any atom is -0.504 e. The van der Waals surface area contributed by atoms with Gasteiger partial charge in [-0.25, -0.2) is 4.79 Å². The van der Waals surface area contributed by atoms with Crippen LogP contribution in [0.3, 0.4) is 0 Å². The number of nitro benzene ring substituents is 1. The van der Waals surface area contributed by atoms with E-state index in [1.165, 1.54) is 18.2 Å². The van der Waals surface area contributed by atoms with Crippen LogP contribution in [0.5, 0.6) is 11.5 Å². The number of carbonyl (C=O) groups excluding carboxylic acids is 1. The fraction of sp³-hybridized carbons (Fsp3) is 0.176. The molecule has 1 amide bonds. The number of nitrogens with zero attached hydrogens (tertiary/aromatic N) is 1. The van der Waals surface area contributed by atoms with Crippen LogP contribution in [-0.2, 0) is 11.2 Å². The number of carboxylic acids is 1. The highest BCUT2D eigenvalue weighted by Crippen LogP contribution is 2.38. The lowest BCUT2D eigenvalue weighted by Crippen LogP contribution is -2.14. The fourth-order valence-electron chi connectivity index (χ4n) is 2.42. The van der Waals surface area contributed by atoms with Crippen molar-refractivity contribution in [1.29, 1.82) is 0 Å². The van der Waals surface area contributed by atoms with E-state index < -0.39 is 34.0 Å². The van der Waals surface area contributed by atoms with Crippen molar-refractivity contribution in [3.05, 3.63) is 57.1 Å². The number of carbonyl (C=O) groups is 2. The molecule has 2 aromatic carbocycles. The quantitative estimate of drug-likeness (QED) is 0.351. The van der Waals surface area contributed by atoms with Crippen LogP contribution in [0.2, 0.25) is 0 Å². The molecular formula is C17H16N2O7. The lowest BCUT2D eigenvalue weighted by atomic mass is 10.1. The zero-order valence-corrected chi connectivity index (χ0v) is 13.7. The second-order valence-electron chi connectivity index (χ2n) is 5.53. The third kappa shape index (κ3) is 3.89. The SMILES string of the molecule is Cc1c(NC(=O)CCc2ccc([N+](=O)[O-])c(O)c2O)cccc1C(=O)O. The average Bonchev–Trinajstić information content (AvgIpc) is 2.57. The van der Waals surface area contributed by atoms with Gasteiger partial charge >= 0.3 is 11.7 Å². The van der Waals surface area contributed by atoms with Gasteiger partial charge in [0.2, 0.25) is 11.7 Å². The maximum Gasteiger partial charge on any atom is 0.336 e. The fourth-order valence-corrected chi connectivity index (χ4v) is 2.42. The van der Waals surface area contributed by atoms with E-state index in [2.05, 4.69) is 5.32 Å². The normalized spacial score (nSPS) is 10.3. The first kappa shape index (κ1) is 18.7. The summed E-state index contributed by atoms with van der Waals surface area (Å²) >= 11 is 0. The molecule has 4 N–H and O–H groups in total. The van der Waals surface area contributed by atoms with E-state index in [1.807, 2.05) is 0 Å². The van der Waals surface area contributed by atoms with E-state index in [-0.39, 0.29) is 24.0 Å². The van der Waals surface area contributed by atoms with Crippen LogP contribution in [0.1, 0.15) is 27.9 Å². The predicted octanol–water partition coefficient (Wildman–Crippen LogP) is 2.58. The van der Waals surface area contributed by atoms with Crippen molar-refractivity contribution in [2.75, 3.05) is 5.32 Å². The summed E-state index contributed by atoms with van der Waals surface area (Å²) in [7, 11) is 0. The summed E-state index contributed by atoms with van der Waals surface area (Å²) in [5, 5.41) is 41.8. The van der Waals surface area contributed by atoms with Gasteiger partial charge in [-0.05, 0) is 42.7 Å². The van der Waals surface area contributed by atoms with E-state index in [0.29, 0.717) is 11.3 Å². The highest BCUT2D eigenvalue weighted by Gasteiger charge is 2.20. The molecule has 0 aliphatic rings. The summed E-state index contributed by atoms with van der Waals surface area (Å²) in [6.45, 7) is 1.57. The number of nitro groups is 1. The van der Waals surface area contributed by atoms with Crippen molar-refractivity contribution < 1.29 is 29.8 Å². The zero-order valence-electron chi connectivity index (χ0n) is 13.7. The number of phenols is 2. The highest BCUT2D eigenvalue weighted by molar-refractivity contribution is 5.96. The summed E-state index contributed by atoms with van der Waals surface area (Å²) in [4.78, 5) is 33.0. The van der Waals surface area contributed by atoms with E-state index in [0.717, 1.165) is 6.07 Å². The van der Waals surface area contributed by atoms with Crippen LogP contribution in [-0.4, -0.2) is 32.1 Å². The molecule has 0 atom stereocenters. The Morgan fingerprint density at radius 2 is 1.85 bits per heavy atom. The molecule has 0 spiro atoms. The molecule has 26 heavy (non-hydrogen) atoms. The Labute approximate surface area is 147 Å². The number of nitrogens with one attached hydrogen (secondary N) is 1. The molecule has 0 aromatic heterocycles. The van der Waals surface area contributed by atoms with Crippen molar-refractivity contribution in [3.63, 3.8) is 0 Å². The molecule has 0 bridgehead atoms. The number of aromatic hydroxyl groups is 2. The maximum absolute atomic E-state index is 12.1. The number of aromatic carboxylic acids is 1. The van der Waals surface area contributed by atoms with Crippen molar-refractivity contribution in [3.8, 4) is 11.5 Å². The van der Waals surface area contributed by atoms with Crippen LogP contribution in [0.4, 0.5) is 11.4 Å². The lowest BCUT2D eigenvalue weighted by molar-refractivity contribution is -0.386. The summed E-state index contributed by atoms with van der Waals surface area (Å²) in [6.07, 6.45) is -0.0531. The molecular weight excluding hydrogens is 344 g/mol. The van der Waals surface area contributed by atoms with Gasteiger partial charge in [-0.15, -0.1) is 0 Å². The Kier molecular flexibility index (Phi) is 5.41. The van der Waals surface area contributed by atoms with Crippen LogP contribution in [0.25, 0.3) is 0 Å². The first-order chi connectivity index (χ1) is 12.2. The van der Waals surface area contributed by atoms with Crippen LogP contribution in [0.15, 0.2) is 30.3 Å². The largest absolute Gasteiger partial charge is 0.504 e. The number of carboxylic acid groups (broad SMARTS) is 1. The van der Waals surface area contributed by atoms with E-state index in [9.17, 15) is 29.9 Å². The molecule has 0 saturated heterocycles. The van der Waals surface area contributed by atoms with E-state index in [1.54, 1.807) is 13.0 Å². The Morgan fingerprint density at radius 1 is 1.15 bits per heavy atom. The molecule has 9 nitrogen and oxygen atoms in total. The minimum absolute atomic E-state index is 0.0287. The Bertz CT molecular complexity index is 893. The summed E-state index contributed by atoms with van der Waals surface area (Å²) in [5.41, 5.74) is 0.381. The Hall–Kier alpha value is -3.62. The summed E-state index contributed by atoms with van der Waals surface area (Å²) < 4.78 is 0. The van der Waals surface area contributed by atoms with Crippen molar-refractivity contribution in [1.82, 2.24) is 0 Å². The third-order valence-electron chi connectivity index (χ3n) is 3.87. The average molecular weight is 360 g/mol. The smallest absolute Gasteiger partial charge is 0.336 e. The number of hydrogen-bond acceptors (Lipinski definition) is 6. The van der Waals surface area contributed by atoms with Gasteiger partial charge in [0.15, 0.2) is 5.75 Å². The molecule has 0 aliphatic heterocycles. The molecule has 9 heteroatoms. The standard InChI is InChI=1S/C17H16N2O7/c1-9-11(17(23)24)3-2-4-12(9)18-14(20)8-6-10-5-7-13(19(25)26)16(22)15(10)21/h2-5,7,21-22H,6,8H2,1H3,(H,18,20)(H,23,24). The first-order valence-corrected chi connectivity index (χ1v) is 7.53. The van der Waals surface area contributed by atoms with Gasteiger partial charge in [0.25, 0.3) is 0 Å². The molecule has 2 rings (SSSR count). The number of benzene rings is 2. The number of phenolic OH excluding ortho intramolecular Hbond substituents is 2. The van der Waals surface area contributed by atoms with Gasteiger partial charge in [-0.2, -0.15) is 0 Å². The Morgan fingerprint density at radius 3 is 2.46 bits per heavy atom. The second kappa shape index (κ2) is 7.51. The van der Waals surface area contributed by atoms with E-state index >= 15 is 0 Å². The number of aryl methyl sites for hydroxylation is 1. The summed E-state index contributed by atoms with van der Waals surface area (Å²) in [5.74, 6) is -3.04. The second-order valence-corrected chi connectivity index (χ2v) is 5.53. The number of hydrogen-bond donors (Lipinski definition) is 4. The number of anilines is 1. The Balaban J connectivity index is 2.09. The molecule has 0 aliphatic carbocycles. The molecule has 0 saturated carbocycles. The van der Waals surface area contributed by atoms with Gasteiger partial charge in [-0.3, -0.25) is 14.9 Å². The topological polar surface area (TPSA) is 150 Å². The molecule has 0 heterocycles. The van der Waals surface area contributed by atoms with Gasteiger partial charge in [0.1, 0.15) is 0 Å².